The number of benzene rings is 1. The van der Waals surface area contributed by atoms with Gasteiger partial charge in [-0.1, -0.05) is 0 Å². The summed E-state index contributed by atoms with van der Waals surface area (Å²) in [6.07, 6.45) is 4.00. The fourth-order valence-electron chi connectivity index (χ4n) is 2.84. The molecule has 6 heteroatoms. The first-order chi connectivity index (χ1) is 9.78. The Morgan fingerprint density at radius 3 is 3.14 bits per heavy atom. The van der Waals surface area contributed by atoms with Gasteiger partial charge in [-0.15, -0.1) is 12.4 Å². The number of aromatic hydroxyl groups is 1. The highest BCUT2D eigenvalue weighted by Crippen LogP contribution is 2.31. The van der Waals surface area contributed by atoms with Crippen LogP contribution in [0.5, 0.6) is 11.5 Å². The van der Waals surface area contributed by atoms with E-state index in [1.54, 1.807) is 6.07 Å². The lowest BCUT2D eigenvalue weighted by Crippen LogP contribution is -2.43. The van der Waals surface area contributed by atoms with Crippen LogP contribution in [-0.4, -0.2) is 42.9 Å². The molecule has 0 unspecified atom stereocenters. The standard InChI is InChI=1S/C15H21N3O2.ClH/c1-16-5-4-12-8-17-10-18(12)13-6-11-7-14(19)2-3-15(11)20-9-13;/h2-3,7-8,13,16-17,19H,4-6,9-10H2,1H3;1H/t13-;/m1./s1. The molecule has 3 N–H and O–H groups in total. The molecule has 0 bridgehead atoms. The zero-order chi connectivity index (χ0) is 13.9. The number of phenols is 1. The summed E-state index contributed by atoms with van der Waals surface area (Å²) in [5.41, 5.74) is 2.40. The van der Waals surface area contributed by atoms with E-state index in [1.807, 2.05) is 19.2 Å². The summed E-state index contributed by atoms with van der Waals surface area (Å²) >= 11 is 0. The number of halogens is 1. The first kappa shape index (κ1) is 15.8. The zero-order valence-corrected chi connectivity index (χ0v) is 12.9. The maximum absolute atomic E-state index is 9.61. The molecular weight excluding hydrogens is 290 g/mol. The van der Waals surface area contributed by atoms with E-state index in [9.17, 15) is 5.11 Å². The molecule has 5 nitrogen and oxygen atoms in total. The van der Waals surface area contributed by atoms with E-state index in [0.29, 0.717) is 18.4 Å². The quantitative estimate of drug-likeness (QED) is 0.785. The van der Waals surface area contributed by atoms with Crippen molar-refractivity contribution in [3.63, 3.8) is 0 Å². The van der Waals surface area contributed by atoms with Crippen molar-refractivity contribution in [1.29, 1.82) is 0 Å². The third-order valence-electron chi connectivity index (χ3n) is 3.90. The van der Waals surface area contributed by atoms with E-state index in [-0.39, 0.29) is 12.4 Å². The monoisotopic (exact) mass is 311 g/mol. The molecule has 2 heterocycles. The van der Waals surface area contributed by atoms with Crippen molar-refractivity contribution in [2.45, 2.75) is 18.9 Å². The summed E-state index contributed by atoms with van der Waals surface area (Å²) in [6.45, 7) is 2.49. The molecular formula is C15H22ClN3O2. The lowest BCUT2D eigenvalue weighted by molar-refractivity contribution is 0.151. The van der Waals surface area contributed by atoms with E-state index in [4.69, 9.17) is 4.74 Å². The Bertz CT molecular complexity index is 522. The second-order valence-corrected chi connectivity index (χ2v) is 5.28. The van der Waals surface area contributed by atoms with Gasteiger partial charge in [0.2, 0.25) is 0 Å². The Morgan fingerprint density at radius 2 is 2.33 bits per heavy atom. The lowest BCUT2D eigenvalue weighted by Gasteiger charge is -2.35. The van der Waals surface area contributed by atoms with Crippen molar-refractivity contribution in [3.8, 4) is 11.5 Å². The highest BCUT2D eigenvalue weighted by molar-refractivity contribution is 5.85. The average molecular weight is 312 g/mol. The third-order valence-corrected chi connectivity index (χ3v) is 3.90. The molecule has 1 aromatic carbocycles. The third kappa shape index (κ3) is 3.36. The van der Waals surface area contributed by atoms with Gasteiger partial charge in [0.25, 0.3) is 0 Å². The van der Waals surface area contributed by atoms with Gasteiger partial charge >= 0.3 is 0 Å². The molecule has 3 rings (SSSR count). The molecule has 0 fully saturated rings. The van der Waals surface area contributed by atoms with Crippen LogP contribution < -0.4 is 15.4 Å². The number of rotatable bonds is 4. The summed E-state index contributed by atoms with van der Waals surface area (Å²) in [7, 11) is 1.97. The van der Waals surface area contributed by atoms with Gasteiger partial charge in [-0.05, 0) is 37.2 Å². The molecule has 0 radical (unpaired) electrons. The molecule has 1 atom stereocenters. The van der Waals surface area contributed by atoms with Gasteiger partial charge in [0.15, 0.2) is 0 Å². The lowest BCUT2D eigenvalue weighted by atomic mass is 10.0. The molecule has 0 spiro atoms. The van der Waals surface area contributed by atoms with Gasteiger partial charge in [-0.25, -0.2) is 0 Å². The van der Waals surface area contributed by atoms with Crippen LogP contribution in [-0.2, 0) is 6.42 Å². The number of phenolic OH excluding ortho intramolecular Hbond substituents is 1. The van der Waals surface area contributed by atoms with Crippen LogP contribution in [0.4, 0.5) is 0 Å². The number of hydrogen-bond donors (Lipinski definition) is 3. The van der Waals surface area contributed by atoms with Crippen molar-refractivity contribution in [2.24, 2.45) is 0 Å². The highest BCUT2D eigenvalue weighted by atomic mass is 35.5. The Labute approximate surface area is 131 Å². The summed E-state index contributed by atoms with van der Waals surface area (Å²) < 4.78 is 5.83. The van der Waals surface area contributed by atoms with Crippen LogP contribution in [0, 0.1) is 0 Å². The molecule has 2 aliphatic heterocycles. The van der Waals surface area contributed by atoms with E-state index >= 15 is 0 Å². The van der Waals surface area contributed by atoms with Crippen molar-refractivity contribution in [1.82, 2.24) is 15.5 Å². The van der Waals surface area contributed by atoms with Gasteiger partial charge in [0.1, 0.15) is 18.1 Å². The van der Waals surface area contributed by atoms with Crippen LogP contribution in [0.1, 0.15) is 12.0 Å². The second-order valence-electron chi connectivity index (χ2n) is 5.28. The Kier molecular flexibility index (Phi) is 5.20. The molecule has 0 amide bonds. The molecule has 1 aromatic rings. The van der Waals surface area contributed by atoms with Gasteiger partial charge in [-0.3, -0.25) is 0 Å². The van der Waals surface area contributed by atoms with Crippen LogP contribution in [0.15, 0.2) is 30.1 Å². The molecule has 0 aromatic heterocycles. The van der Waals surface area contributed by atoms with Crippen molar-refractivity contribution in [2.75, 3.05) is 26.9 Å². The summed E-state index contributed by atoms with van der Waals surface area (Å²) in [5, 5.41) is 16.1. The van der Waals surface area contributed by atoms with Crippen LogP contribution in [0.25, 0.3) is 0 Å². The van der Waals surface area contributed by atoms with E-state index in [0.717, 1.165) is 37.4 Å². The number of fused-ring (bicyclic) bond motifs is 1. The minimum Gasteiger partial charge on any atom is -0.508 e. The first-order valence-electron chi connectivity index (χ1n) is 7.06. The van der Waals surface area contributed by atoms with E-state index in [1.165, 1.54) is 5.70 Å². The van der Waals surface area contributed by atoms with Gasteiger partial charge in [0.05, 0.1) is 12.7 Å². The fraction of sp³-hybridized carbons (Fsp3) is 0.467. The smallest absolute Gasteiger partial charge is 0.122 e. The predicted octanol–water partition coefficient (Wildman–Crippen LogP) is 1.43. The SMILES string of the molecule is CNCCC1=CNCN1[C@H]1COc2ccc(O)cc2C1.Cl. The topological polar surface area (TPSA) is 56.8 Å². The first-order valence-corrected chi connectivity index (χ1v) is 7.06. The maximum Gasteiger partial charge on any atom is 0.122 e. The molecule has 0 saturated carbocycles. The molecule has 116 valence electrons. The maximum atomic E-state index is 9.61. The van der Waals surface area contributed by atoms with E-state index < -0.39 is 0 Å². The fourth-order valence-corrected chi connectivity index (χ4v) is 2.84. The van der Waals surface area contributed by atoms with E-state index in [2.05, 4.69) is 21.7 Å². The van der Waals surface area contributed by atoms with Gasteiger partial charge in [-0.2, -0.15) is 0 Å². The Morgan fingerprint density at radius 1 is 1.48 bits per heavy atom. The Hall–Kier alpha value is -1.59. The van der Waals surface area contributed by atoms with Gasteiger partial charge in [0, 0.05) is 24.9 Å². The second kappa shape index (κ2) is 6.91. The summed E-state index contributed by atoms with van der Waals surface area (Å²) in [5.74, 6) is 1.20. The molecule has 2 aliphatic rings. The molecule has 0 saturated heterocycles. The summed E-state index contributed by atoms with van der Waals surface area (Å²) in [6, 6.07) is 5.65. The van der Waals surface area contributed by atoms with Crippen molar-refractivity contribution in [3.05, 3.63) is 35.7 Å². The van der Waals surface area contributed by atoms with Crippen LogP contribution >= 0.6 is 12.4 Å². The zero-order valence-electron chi connectivity index (χ0n) is 12.1. The summed E-state index contributed by atoms with van der Waals surface area (Å²) in [4.78, 5) is 2.37. The van der Waals surface area contributed by atoms with Crippen molar-refractivity contribution < 1.29 is 9.84 Å². The minimum absolute atomic E-state index is 0. The average Bonchev–Trinajstić information content (AvgIpc) is 2.92. The number of nitrogens with one attached hydrogen (secondary N) is 2. The largest absolute Gasteiger partial charge is 0.508 e. The number of nitrogens with zero attached hydrogens (tertiary/aromatic N) is 1. The van der Waals surface area contributed by atoms with Gasteiger partial charge < -0.3 is 25.4 Å². The van der Waals surface area contributed by atoms with Crippen LogP contribution in [0.3, 0.4) is 0 Å². The molecule has 21 heavy (non-hydrogen) atoms. The number of ether oxygens (including phenoxy) is 1. The highest BCUT2D eigenvalue weighted by Gasteiger charge is 2.28. The Balaban J connectivity index is 0.00000161. The minimum atomic E-state index is 0. The molecule has 0 aliphatic carbocycles. The predicted molar refractivity (Wildman–Crippen MR) is 84.8 cm³/mol. The van der Waals surface area contributed by atoms with Crippen LogP contribution in [0.2, 0.25) is 0 Å². The van der Waals surface area contributed by atoms with Crippen molar-refractivity contribution >= 4 is 12.4 Å². The number of hydrogen-bond acceptors (Lipinski definition) is 5. The normalized spacial score (nSPS) is 20.0.